The smallest absolute Gasteiger partial charge is 0.101 e. The molecule has 1 unspecified atom stereocenters. The van der Waals surface area contributed by atoms with Crippen LogP contribution < -0.4 is 11.1 Å². The van der Waals surface area contributed by atoms with Gasteiger partial charge in [0.2, 0.25) is 0 Å². The molecule has 5 N–H and O–H groups in total. The maximum absolute atomic E-state index is 9.49. The van der Waals surface area contributed by atoms with Crippen LogP contribution in [0, 0.1) is 11.3 Å². The highest BCUT2D eigenvalue weighted by Crippen LogP contribution is 2.28. The maximum atomic E-state index is 9.49. The maximum Gasteiger partial charge on any atom is 0.101 e. The predicted molar refractivity (Wildman–Crippen MR) is 84.6 cm³/mol. The molecule has 1 atom stereocenters. The van der Waals surface area contributed by atoms with Gasteiger partial charge in [0.25, 0.3) is 0 Å². The Hall–Kier alpha value is -0.840. The van der Waals surface area contributed by atoms with E-state index in [0.29, 0.717) is 15.7 Å². The zero-order valence-corrected chi connectivity index (χ0v) is 13.8. The van der Waals surface area contributed by atoms with E-state index in [4.69, 9.17) is 11.0 Å². The first-order valence-electron chi connectivity index (χ1n) is 5.83. The number of halogens is 2. The van der Waals surface area contributed by atoms with Gasteiger partial charge in [-0.3, -0.25) is 0 Å². The molecule has 0 spiro atoms. The van der Waals surface area contributed by atoms with E-state index in [0.717, 1.165) is 5.56 Å². The minimum atomic E-state index is -0.534. The van der Waals surface area contributed by atoms with Crippen molar-refractivity contribution in [2.45, 2.75) is 25.4 Å². The van der Waals surface area contributed by atoms with Crippen molar-refractivity contribution in [2.24, 2.45) is 0 Å². The molecule has 0 aliphatic carbocycles. The van der Waals surface area contributed by atoms with E-state index in [9.17, 15) is 10.2 Å². The van der Waals surface area contributed by atoms with Crippen LogP contribution >= 0.6 is 28.3 Å². The molecule has 0 fully saturated rings. The molecule has 0 aliphatic rings. The number of hydrogen-bond donors (Lipinski definition) is 4. The topological polar surface area (TPSA) is 102 Å². The lowest BCUT2D eigenvalue weighted by atomic mass is 9.99. The number of nitrogens with zero attached hydrogens (tertiary/aromatic N) is 1. The Bertz CT molecular complexity index is 503. The van der Waals surface area contributed by atoms with Crippen molar-refractivity contribution in [3.8, 4) is 6.07 Å². The molecule has 0 aromatic heterocycles. The van der Waals surface area contributed by atoms with E-state index < -0.39 is 5.54 Å². The van der Waals surface area contributed by atoms with Gasteiger partial charge in [0.1, 0.15) is 6.07 Å². The summed E-state index contributed by atoms with van der Waals surface area (Å²) in [7, 11) is 0. The third kappa shape index (κ3) is 4.62. The van der Waals surface area contributed by atoms with E-state index in [1.165, 1.54) is 0 Å². The lowest BCUT2D eigenvalue weighted by Crippen LogP contribution is -2.45. The SMILES string of the molecule is CC(C)(CO)NC(CO)c1cc(Br)c(N)c(C#N)c1.Cl. The summed E-state index contributed by atoms with van der Waals surface area (Å²) >= 11 is 3.30. The van der Waals surface area contributed by atoms with Crippen LogP contribution in [-0.2, 0) is 0 Å². The van der Waals surface area contributed by atoms with E-state index >= 15 is 0 Å². The normalized spacial score (nSPS) is 12.4. The number of anilines is 1. The van der Waals surface area contributed by atoms with Gasteiger partial charge < -0.3 is 21.3 Å². The van der Waals surface area contributed by atoms with E-state index in [1.807, 2.05) is 19.9 Å². The van der Waals surface area contributed by atoms with Crippen LogP contribution in [0.5, 0.6) is 0 Å². The summed E-state index contributed by atoms with van der Waals surface area (Å²) in [5.41, 5.74) is 6.70. The summed E-state index contributed by atoms with van der Waals surface area (Å²) in [6.07, 6.45) is 0. The fourth-order valence-electron chi connectivity index (χ4n) is 1.68. The largest absolute Gasteiger partial charge is 0.397 e. The molecular weight excluding hydrogens is 346 g/mol. The van der Waals surface area contributed by atoms with Gasteiger partial charge in [0.05, 0.1) is 30.5 Å². The van der Waals surface area contributed by atoms with Gasteiger partial charge in [0.15, 0.2) is 0 Å². The molecule has 1 aromatic rings. The molecule has 1 aromatic carbocycles. The Kier molecular flexibility index (Phi) is 7.49. The first kappa shape index (κ1) is 19.2. The van der Waals surface area contributed by atoms with Gasteiger partial charge in [0, 0.05) is 10.0 Å². The molecule has 0 saturated carbocycles. The average molecular weight is 365 g/mol. The zero-order chi connectivity index (χ0) is 14.6. The van der Waals surface area contributed by atoms with Crippen LogP contribution in [0.15, 0.2) is 16.6 Å². The fourth-order valence-corrected chi connectivity index (χ4v) is 2.16. The standard InChI is InChI=1S/C13H18BrN3O2.ClH/c1-13(2,7-19)17-11(6-18)8-3-9(5-15)12(16)10(14)4-8;/h3-4,11,17-19H,6-7,16H2,1-2H3;1H. The molecule has 7 heteroatoms. The third-order valence-corrected chi connectivity index (χ3v) is 3.47. The van der Waals surface area contributed by atoms with Crippen molar-refractivity contribution in [2.75, 3.05) is 18.9 Å². The predicted octanol–water partition coefficient (Wildman–Crippen LogP) is 1.72. The highest BCUT2D eigenvalue weighted by Gasteiger charge is 2.23. The Balaban J connectivity index is 0.00000361. The second-order valence-electron chi connectivity index (χ2n) is 5.00. The quantitative estimate of drug-likeness (QED) is 0.596. The molecule has 0 amide bonds. The van der Waals surface area contributed by atoms with Crippen LogP contribution in [0.2, 0.25) is 0 Å². The summed E-state index contributed by atoms with van der Waals surface area (Å²) in [6.45, 7) is 3.44. The van der Waals surface area contributed by atoms with Crippen LogP contribution in [0.3, 0.4) is 0 Å². The number of nitrogens with one attached hydrogen (secondary N) is 1. The number of nitriles is 1. The van der Waals surface area contributed by atoms with Crippen molar-refractivity contribution < 1.29 is 10.2 Å². The summed E-state index contributed by atoms with van der Waals surface area (Å²) < 4.78 is 0.614. The highest BCUT2D eigenvalue weighted by molar-refractivity contribution is 9.10. The van der Waals surface area contributed by atoms with Crippen LogP contribution in [0.4, 0.5) is 5.69 Å². The van der Waals surface area contributed by atoms with Crippen molar-refractivity contribution in [3.63, 3.8) is 0 Å². The first-order valence-corrected chi connectivity index (χ1v) is 6.62. The number of benzene rings is 1. The number of rotatable bonds is 5. The van der Waals surface area contributed by atoms with Gasteiger partial charge in [-0.1, -0.05) is 0 Å². The van der Waals surface area contributed by atoms with Crippen molar-refractivity contribution in [1.82, 2.24) is 5.32 Å². The Morgan fingerprint density at radius 2 is 2.05 bits per heavy atom. The number of nitrogens with two attached hydrogens (primary N) is 1. The summed E-state index contributed by atoms with van der Waals surface area (Å²) in [4.78, 5) is 0. The van der Waals surface area contributed by atoms with Crippen LogP contribution in [0.1, 0.15) is 31.0 Å². The minimum absolute atomic E-state index is 0. The summed E-state index contributed by atoms with van der Waals surface area (Å²) in [5.74, 6) is 0. The minimum Gasteiger partial charge on any atom is -0.397 e. The molecule has 0 heterocycles. The lowest BCUT2D eigenvalue weighted by molar-refractivity contribution is 0.150. The second kappa shape index (κ2) is 7.81. The molecular formula is C13H19BrClN3O2. The van der Waals surface area contributed by atoms with Crippen molar-refractivity contribution in [3.05, 3.63) is 27.7 Å². The molecule has 1 rings (SSSR count). The monoisotopic (exact) mass is 363 g/mol. The molecule has 20 heavy (non-hydrogen) atoms. The molecule has 0 aliphatic heterocycles. The second-order valence-corrected chi connectivity index (χ2v) is 5.85. The molecule has 5 nitrogen and oxygen atoms in total. The molecule has 0 saturated heterocycles. The zero-order valence-electron chi connectivity index (χ0n) is 11.4. The summed E-state index contributed by atoms with van der Waals surface area (Å²) in [5, 5.41) is 30.9. The van der Waals surface area contributed by atoms with Gasteiger partial charge >= 0.3 is 0 Å². The van der Waals surface area contributed by atoms with Crippen LogP contribution in [-0.4, -0.2) is 29.0 Å². The van der Waals surface area contributed by atoms with Crippen LogP contribution in [0.25, 0.3) is 0 Å². The lowest BCUT2D eigenvalue weighted by Gasteiger charge is -2.30. The molecule has 112 valence electrons. The Morgan fingerprint density at radius 1 is 1.45 bits per heavy atom. The van der Waals surface area contributed by atoms with E-state index in [1.54, 1.807) is 12.1 Å². The third-order valence-electron chi connectivity index (χ3n) is 2.82. The van der Waals surface area contributed by atoms with Gasteiger partial charge in [-0.15, -0.1) is 12.4 Å². The van der Waals surface area contributed by atoms with Gasteiger partial charge in [-0.25, -0.2) is 0 Å². The fraction of sp³-hybridized carbons (Fsp3) is 0.462. The number of aliphatic hydroxyl groups excluding tert-OH is 2. The number of hydrogen-bond acceptors (Lipinski definition) is 5. The Labute approximate surface area is 133 Å². The summed E-state index contributed by atoms with van der Waals surface area (Å²) in [6, 6.07) is 5.04. The average Bonchev–Trinajstić information content (AvgIpc) is 2.39. The number of aliphatic hydroxyl groups is 2. The highest BCUT2D eigenvalue weighted by atomic mass is 79.9. The van der Waals surface area contributed by atoms with Gasteiger partial charge in [-0.2, -0.15) is 5.26 Å². The molecule has 0 bridgehead atoms. The van der Waals surface area contributed by atoms with E-state index in [2.05, 4.69) is 21.2 Å². The van der Waals surface area contributed by atoms with Crippen molar-refractivity contribution in [1.29, 1.82) is 5.26 Å². The van der Waals surface area contributed by atoms with Crippen molar-refractivity contribution >= 4 is 34.0 Å². The number of nitrogen functional groups attached to an aromatic ring is 1. The Morgan fingerprint density at radius 3 is 2.50 bits per heavy atom. The first-order chi connectivity index (χ1) is 8.84. The van der Waals surface area contributed by atoms with Gasteiger partial charge in [-0.05, 0) is 47.5 Å². The molecule has 0 radical (unpaired) electrons. The van der Waals surface area contributed by atoms with E-state index in [-0.39, 0.29) is 31.7 Å².